The maximum absolute atomic E-state index is 12.5. The van der Waals surface area contributed by atoms with Gasteiger partial charge in [0.2, 0.25) is 0 Å². The number of carbonyl (C=O) groups is 1. The van der Waals surface area contributed by atoms with Crippen LogP contribution in [0.15, 0.2) is 79.1 Å². The van der Waals surface area contributed by atoms with Crippen LogP contribution in [0.2, 0.25) is 5.02 Å². The first-order valence-electron chi connectivity index (χ1n) is 7.81. The highest BCUT2D eigenvalue weighted by Crippen LogP contribution is 2.22. The fourth-order valence-electron chi connectivity index (χ4n) is 2.63. The summed E-state index contributed by atoms with van der Waals surface area (Å²) in [5.74, 6) is -0.222. The van der Waals surface area contributed by atoms with Crippen molar-refractivity contribution < 1.29 is 4.79 Å². The van der Waals surface area contributed by atoms with Gasteiger partial charge < -0.3 is 9.72 Å². The first-order chi connectivity index (χ1) is 12.2. The van der Waals surface area contributed by atoms with Gasteiger partial charge in [-0.1, -0.05) is 54.1 Å². The zero-order valence-electron chi connectivity index (χ0n) is 13.2. The van der Waals surface area contributed by atoms with Crippen LogP contribution in [0.5, 0.6) is 0 Å². The van der Waals surface area contributed by atoms with E-state index in [1.807, 2.05) is 59.3 Å². The molecule has 2 aromatic carbocycles. The van der Waals surface area contributed by atoms with Gasteiger partial charge in [0, 0.05) is 23.5 Å². The van der Waals surface area contributed by atoms with Crippen molar-refractivity contribution in [2.24, 2.45) is 0 Å². The molecule has 1 amide bonds. The van der Waals surface area contributed by atoms with Crippen LogP contribution in [0.4, 0.5) is 5.69 Å². The molecule has 0 bridgehead atoms. The van der Waals surface area contributed by atoms with Crippen molar-refractivity contribution in [2.75, 3.05) is 5.32 Å². The topological polar surface area (TPSA) is 46.4 Å². The fourth-order valence-corrected chi connectivity index (χ4v) is 2.81. The van der Waals surface area contributed by atoms with Gasteiger partial charge in [-0.25, -0.2) is 4.98 Å². The van der Waals surface area contributed by atoms with Gasteiger partial charge in [0.15, 0.2) is 0 Å². The number of hydrogen-bond donors (Lipinski definition) is 1. The third-order valence-corrected chi connectivity index (χ3v) is 4.24. The molecule has 0 spiro atoms. The van der Waals surface area contributed by atoms with Crippen molar-refractivity contribution in [3.63, 3.8) is 0 Å². The molecule has 0 fully saturated rings. The number of anilines is 1. The fraction of sp³-hybridized carbons (Fsp3) is 0. The van der Waals surface area contributed by atoms with Crippen LogP contribution < -0.4 is 5.32 Å². The molecular weight excluding hydrogens is 334 g/mol. The Kier molecular flexibility index (Phi) is 3.96. The molecule has 4 nitrogen and oxygen atoms in total. The van der Waals surface area contributed by atoms with Crippen LogP contribution in [0, 0.1) is 0 Å². The van der Waals surface area contributed by atoms with Crippen molar-refractivity contribution in [2.45, 2.75) is 0 Å². The molecule has 0 saturated heterocycles. The second kappa shape index (κ2) is 6.42. The van der Waals surface area contributed by atoms with Crippen LogP contribution in [0.25, 0.3) is 16.9 Å². The first kappa shape index (κ1) is 15.4. The number of fused-ring (bicyclic) bond motifs is 1. The van der Waals surface area contributed by atoms with E-state index in [2.05, 4.69) is 10.3 Å². The Morgan fingerprint density at radius 3 is 2.56 bits per heavy atom. The summed E-state index contributed by atoms with van der Waals surface area (Å²) in [5.41, 5.74) is 3.73. The average molecular weight is 348 g/mol. The number of hydrogen-bond acceptors (Lipinski definition) is 2. The van der Waals surface area contributed by atoms with Crippen LogP contribution in [0.1, 0.15) is 10.4 Å². The molecule has 0 aliphatic rings. The van der Waals surface area contributed by atoms with Gasteiger partial charge in [0.25, 0.3) is 5.91 Å². The van der Waals surface area contributed by atoms with Crippen LogP contribution in [-0.4, -0.2) is 15.3 Å². The smallest absolute Gasteiger partial charge is 0.255 e. The van der Waals surface area contributed by atoms with Crippen molar-refractivity contribution in [3.8, 4) is 11.3 Å². The normalized spacial score (nSPS) is 10.8. The summed E-state index contributed by atoms with van der Waals surface area (Å²) in [5, 5.41) is 3.33. The number of imidazole rings is 1. The van der Waals surface area contributed by atoms with Crippen LogP contribution in [0.3, 0.4) is 0 Å². The molecule has 122 valence electrons. The van der Waals surface area contributed by atoms with Crippen molar-refractivity contribution in [3.05, 3.63) is 89.7 Å². The zero-order chi connectivity index (χ0) is 17.2. The Morgan fingerprint density at radius 2 is 1.76 bits per heavy atom. The molecule has 0 saturated carbocycles. The molecule has 2 aromatic heterocycles. The number of para-hydroxylation sites is 1. The Labute approximate surface area is 149 Å². The summed E-state index contributed by atoms with van der Waals surface area (Å²) in [6.45, 7) is 0. The second-order valence-corrected chi connectivity index (χ2v) is 6.01. The number of nitrogens with zero attached hydrogens (tertiary/aromatic N) is 2. The van der Waals surface area contributed by atoms with Gasteiger partial charge in [-0.3, -0.25) is 4.79 Å². The molecule has 4 rings (SSSR count). The Balaban J connectivity index is 1.65. The molecule has 0 radical (unpaired) electrons. The highest BCUT2D eigenvalue weighted by atomic mass is 35.5. The molecule has 25 heavy (non-hydrogen) atoms. The minimum atomic E-state index is -0.222. The lowest BCUT2D eigenvalue weighted by atomic mass is 10.2. The third-order valence-electron chi connectivity index (χ3n) is 3.91. The number of benzene rings is 2. The third kappa shape index (κ3) is 3.12. The number of aromatic nitrogens is 2. The molecule has 0 aliphatic heterocycles. The average Bonchev–Trinajstić information content (AvgIpc) is 3.07. The minimum absolute atomic E-state index is 0.222. The number of carbonyl (C=O) groups excluding carboxylic acids is 1. The number of nitrogens with one attached hydrogen (secondary N) is 1. The number of amides is 1. The molecular formula is C20H14ClN3O. The largest absolute Gasteiger partial charge is 0.321 e. The molecule has 2 heterocycles. The number of halogens is 1. The minimum Gasteiger partial charge on any atom is -0.321 e. The monoisotopic (exact) mass is 347 g/mol. The second-order valence-electron chi connectivity index (χ2n) is 5.61. The van der Waals surface area contributed by atoms with Crippen molar-refractivity contribution >= 4 is 28.8 Å². The molecule has 0 aliphatic carbocycles. The summed E-state index contributed by atoms with van der Waals surface area (Å²) < 4.78 is 1.90. The lowest BCUT2D eigenvalue weighted by molar-refractivity contribution is 0.102. The summed E-state index contributed by atoms with van der Waals surface area (Å²) in [6, 6.07) is 20.6. The van der Waals surface area contributed by atoms with E-state index in [0.29, 0.717) is 21.9 Å². The molecule has 4 aromatic rings. The van der Waals surface area contributed by atoms with Crippen molar-refractivity contribution in [1.29, 1.82) is 0 Å². The maximum Gasteiger partial charge on any atom is 0.255 e. The van der Waals surface area contributed by atoms with E-state index < -0.39 is 0 Å². The van der Waals surface area contributed by atoms with E-state index in [-0.39, 0.29) is 5.91 Å². The predicted octanol–water partition coefficient (Wildman–Crippen LogP) is 4.91. The zero-order valence-corrected chi connectivity index (χ0v) is 13.9. The maximum atomic E-state index is 12.5. The Hall–Kier alpha value is -3.11. The predicted molar refractivity (Wildman–Crippen MR) is 100 cm³/mol. The number of pyridine rings is 1. The van der Waals surface area contributed by atoms with E-state index in [1.165, 1.54) is 0 Å². The van der Waals surface area contributed by atoms with E-state index in [9.17, 15) is 4.79 Å². The highest BCUT2D eigenvalue weighted by molar-refractivity contribution is 6.33. The van der Waals surface area contributed by atoms with Gasteiger partial charge in [-0.2, -0.15) is 0 Å². The Bertz CT molecular complexity index is 1060. The van der Waals surface area contributed by atoms with E-state index in [0.717, 1.165) is 11.3 Å². The highest BCUT2D eigenvalue weighted by Gasteiger charge is 2.11. The molecule has 1 N–H and O–H groups in total. The van der Waals surface area contributed by atoms with Crippen LogP contribution in [-0.2, 0) is 0 Å². The van der Waals surface area contributed by atoms with Gasteiger partial charge in [0.05, 0.1) is 16.4 Å². The van der Waals surface area contributed by atoms with E-state index >= 15 is 0 Å². The lowest BCUT2D eigenvalue weighted by Gasteiger charge is -2.07. The van der Waals surface area contributed by atoms with Gasteiger partial charge in [0.1, 0.15) is 5.65 Å². The quantitative estimate of drug-likeness (QED) is 0.572. The van der Waals surface area contributed by atoms with Gasteiger partial charge >= 0.3 is 0 Å². The first-order valence-corrected chi connectivity index (χ1v) is 8.18. The Morgan fingerprint density at radius 1 is 1.00 bits per heavy atom. The molecule has 5 heteroatoms. The summed E-state index contributed by atoms with van der Waals surface area (Å²) in [6.07, 6.45) is 3.77. The lowest BCUT2D eigenvalue weighted by Crippen LogP contribution is -2.12. The number of rotatable bonds is 3. The van der Waals surface area contributed by atoms with Crippen LogP contribution >= 0.6 is 11.6 Å². The van der Waals surface area contributed by atoms with Gasteiger partial charge in [-0.15, -0.1) is 0 Å². The van der Waals surface area contributed by atoms with E-state index in [4.69, 9.17) is 11.6 Å². The summed E-state index contributed by atoms with van der Waals surface area (Å²) in [7, 11) is 0. The SMILES string of the molecule is O=C(Nc1ccccc1Cl)c1ccn2cc(-c3ccccc3)nc2c1. The summed E-state index contributed by atoms with van der Waals surface area (Å²) in [4.78, 5) is 17.1. The molecule has 0 atom stereocenters. The van der Waals surface area contributed by atoms with Crippen molar-refractivity contribution in [1.82, 2.24) is 9.38 Å². The van der Waals surface area contributed by atoms with E-state index in [1.54, 1.807) is 24.3 Å². The molecule has 0 unspecified atom stereocenters. The standard InChI is InChI=1S/C20H14ClN3O/c21-16-8-4-5-9-17(16)23-20(25)15-10-11-24-13-18(22-19(24)12-15)14-6-2-1-3-7-14/h1-13H,(H,23,25). The summed E-state index contributed by atoms with van der Waals surface area (Å²) >= 11 is 6.09. The van der Waals surface area contributed by atoms with Gasteiger partial charge in [-0.05, 0) is 24.3 Å².